The van der Waals surface area contributed by atoms with E-state index in [1.54, 1.807) is 12.1 Å². The molecule has 3 atom stereocenters. The molecule has 0 saturated carbocycles. The molecule has 0 radical (unpaired) electrons. The normalized spacial score (nSPS) is 21.0. The lowest BCUT2D eigenvalue weighted by Gasteiger charge is -2.35. The van der Waals surface area contributed by atoms with Gasteiger partial charge in [0.2, 0.25) is 5.91 Å². The summed E-state index contributed by atoms with van der Waals surface area (Å²) in [5.41, 5.74) is 0.387. The van der Waals surface area contributed by atoms with E-state index in [0.717, 1.165) is 18.2 Å². The lowest BCUT2D eigenvalue weighted by atomic mass is 9.97. The van der Waals surface area contributed by atoms with Crippen molar-refractivity contribution in [3.63, 3.8) is 0 Å². The van der Waals surface area contributed by atoms with Crippen molar-refractivity contribution in [1.82, 2.24) is 5.32 Å². The highest BCUT2D eigenvalue weighted by atomic mass is 19.1. The van der Waals surface area contributed by atoms with E-state index in [1.807, 2.05) is 18.2 Å². The zero-order valence-corrected chi connectivity index (χ0v) is 16.1. The summed E-state index contributed by atoms with van der Waals surface area (Å²) < 4.78 is 32.7. The van der Waals surface area contributed by atoms with Crippen molar-refractivity contribution >= 4 is 23.3 Å². The minimum absolute atomic E-state index is 0.110. The monoisotopic (exact) mass is 419 g/mol. The molecule has 0 unspecified atom stereocenters. The van der Waals surface area contributed by atoms with Gasteiger partial charge in [-0.25, -0.2) is 13.6 Å². The van der Waals surface area contributed by atoms with Crippen LogP contribution in [0.4, 0.5) is 25.0 Å². The van der Waals surface area contributed by atoms with Gasteiger partial charge in [0.25, 0.3) is 0 Å². The molecule has 7 nitrogen and oxygen atoms in total. The maximum atomic E-state index is 13.7. The van der Waals surface area contributed by atoms with Crippen LogP contribution < -0.4 is 16.0 Å². The van der Waals surface area contributed by atoms with Crippen LogP contribution in [0.15, 0.2) is 48.5 Å². The molecule has 0 aliphatic carbocycles. The van der Waals surface area contributed by atoms with Crippen molar-refractivity contribution in [1.29, 1.82) is 0 Å². The Hall–Kier alpha value is -3.04. The molecule has 1 saturated heterocycles. The molecule has 0 bridgehead atoms. The van der Waals surface area contributed by atoms with Gasteiger partial charge in [0.05, 0.1) is 30.9 Å². The van der Waals surface area contributed by atoms with Crippen LogP contribution in [0, 0.1) is 11.6 Å². The molecule has 1 fully saturated rings. The van der Waals surface area contributed by atoms with Gasteiger partial charge < -0.3 is 25.8 Å². The Labute approximate surface area is 172 Å². The van der Waals surface area contributed by atoms with Gasteiger partial charge in [0, 0.05) is 11.8 Å². The highest BCUT2D eigenvalue weighted by Gasteiger charge is 2.33. The van der Waals surface area contributed by atoms with Crippen molar-refractivity contribution in [2.45, 2.75) is 37.5 Å². The predicted octanol–water partition coefficient (Wildman–Crippen LogP) is 3.02. The molecular formula is C21H23F2N3O4. The number of aliphatic hydroxyl groups is 1. The maximum Gasteiger partial charge on any atom is 0.319 e. The molecule has 3 rings (SSSR count). The standard InChI is InChI=1S/C21H23F2N3O4/c22-13-6-8-16(23)18(10-13)26-21(29)25-17-9-7-15(30-19(17)12-27)11-20(28)24-14-4-2-1-3-5-14/h1-6,8,10,15,17,19,27H,7,9,11-12H2,(H,24,28)(H2,25,26,29)/t15-,17-,19+/m1/s1. The van der Waals surface area contributed by atoms with Crippen LogP contribution in [0.5, 0.6) is 0 Å². The summed E-state index contributed by atoms with van der Waals surface area (Å²) in [6.45, 7) is -0.365. The lowest BCUT2D eigenvalue weighted by molar-refractivity contribution is -0.126. The maximum absolute atomic E-state index is 13.7. The van der Waals surface area contributed by atoms with Gasteiger partial charge in [-0.1, -0.05) is 18.2 Å². The quantitative estimate of drug-likeness (QED) is 0.578. The zero-order valence-electron chi connectivity index (χ0n) is 16.1. The summed E-state index contributed by atoms with van der Waals surface area (Å²) in [6.07, 6.45) is -0.0892. The molecule has 1 aliphatic heterocycles. The predicted molar refractivity (Wildman–Crippen MR) is 107 cm³/mol. The average molecular weight is 419 g/mol. The molecule has 9 heteroatoms. The lowest BCUT2D eigenvalue weighted by Crippen LogP contribution is -2.52. The second kappa shape index (κ2) is 10.1. The fraction of sp³-hybridized carbons (Fsp3) is 0.333. The summed E-state index contributed by atoms with van der Waals surface area (Å²) in [5, 5.41) is 17.3. The van der Waals surface area contributed by atoms with Crippen LogP contribution in [-0.4, -0.2) is 41.9 Å². The Bertz CT molecular complexity index is 882. The van der Waals surface area contributed by atoms with Crippen molar-refractivity contribution in [3.05, 3.63) is 60.2 Å². The topological polar surface area (TPSA) is 99.7 Å². The molecule has 1 heterocycles. The number of hydrogen-bond donors (Lipinski definition) is 4. The Morgan fingerprint density at radius 2 is 1.83 bits per heavy atom. The van der Waals surface area contributed by atoms with E-state index in [4.69, 9.17) is 4.74 Å². The first-order valence-electron chi connectivity index (χ1n) is 9.58. The number of urea groups is 1. The summed E-state index contributed by atoms with van der Waals surface area (Å²) in [5.74, 6) is -1.67. The van der Waals surface area contributed by atoms with E-state index in [2.05, 4.69) is 16.0 Å². The highest BCUT2D eigenvalue weighted by Crippen LogP contribution is 2.23. The third-order valence-electron chi connectivity index (χ3n) is 4.76. The molecule has 1 aliphatic rings. The van der Waals surface area contributed by atoms with Gasteiger partial charge in [-0.05, 0) is 37.1 Å². The third kappa shape index (κ3) is 5.98. The Balaban J connectivity index is 1.50. The number of ether oxygens (including phenoxy) is 1. The van der Waals surface area contributed by atoms with Gasteiger partial charge in [-0.2, -0.15) is 0 Å². The second-order valence-corrected chi connectivity index (χ2v) is 7.00. The molecule has 2 aromatic carbocycles. The molecule has 160 valence electrons. The Kier molecular flexibility index (Phi) is 7.31. The molecule has 3 amide bonds. The number of carbonyl (C=O) groups excluding carboxylic acids is 2. The van der Waals surface area contributed by atoms with E-state index in [1.165, 1.54) is 0 Å². The van der Waals surface area contributed by atoms with E-state index < -0.39 is 35.9 Å². The average Bonchev–Trinajstić information content (AvgIpc) is 2.72. The Morgan fingerprint density at radius 1 is 1.07 bits per heavy atom. The molecule has 30 heavy (non-hydrogen) atoms. The smallest absolute Gasteiger partial charge is 0.319 e. The molecule has 2 aromatic rings. The minimum Gasteiger partial charge on any atom is -0.394 e. The number of rotatable bonds is 6. The summed E-state index contributed by atoms with van der Waals surface area (Å²) >= 11 is 0. The minimum atomic E-state index is -0.769. The number of nitrogens with one attached hydrogen (secondary N) is 3. The van der Waals surface area contributed by atoms with Crippen LogP contribution in [0.25, 0.3) is 0 Å². The fourth-order valence-corrected chi connectivity index (χ4v) is 3.31. The number of para-hydroxylation sites is 1. The fourth-order valence-electron chi connectivity index (χ4n) is 3.31. The van der Waals surface area contributed by atoms with Gasteiger partial charge >= 0.3 is 6.03 Å². The Morgan fingerprint density at radius 3 is 2.57 bits per heavy atom. The first kappa shape index (κ1) is 21.7. The van der Waals surface area contributed by atoms with E-state index in [9.17, 15) is 23.5 Å². The van der Waals surface area contributed by atoms with Crippen LogP contribution >= 0.6 is 0 Å². The van der Waals surface area contributed by atoms with Gasteiger partial charge in [0.1, 0.15) is 17.7 Å². The van der Waals surface area contributed by atoms with Gasteiger partial charge in [0.15, 0.2) is 0 Å². The molecule has 0 aromatic heterocycles. The van der Waals surface area contributed by atoms with Gasteiger partial charge in [-0.3, -0.25) is 4.79 Å². The van der Waals surface area contributed by atoms with Gasteiger partial charge in [-0.15, -0.1) is 0 Å². The largest absolute Gasteiger partial charge is 0.394 e. The van der Waals surface area contributed by atoms with Crippen molar-refractivity contribution in [2.75, 3.05) is 17.2 Å². The number of halogens is 2. The zero-order chi connectivity index (χ0) is 21.5. The molecule has 4 N–H and O–H groups in total. The second-order valence-electron chi connectivity index (χ2n) is 7.00. The summed E-state index contributed by atoms with van der Waals surface area (Å²) in [4.78, 5) is 24.4. The number of benzene rings is 2. The van der Waals surface area contributed by atoms with Crippen molar-refractivity contribution < 1.29 is 28.2 Å². The van der Waals surface area contributed by atoms with Crippen LogP contribution in [0.3, 0.4) is 0 Å². The number of hydrogen-bond acceptors (Lipinski definition) is 4. The van der Waals surface area contributed by atoms with E-state index >= 15 is 0 Å². The molecular weight excluding hydrogens is 396 g/mol. The number of amides is 3. The highest BCUT2D eigenvalue weighted by molar-refractivity contribution is 5.91. The summed E-state index contributed by atoms with van der Waals surface area (Å²) in [7, 11) is 0. The first-order chi connectivity index (χ1) is 14.4. The molecule has 0 spiro atoms. The van der Waals surface area contributed by atoms with Crippen molar-refractivity contribution in [3.8, 4) is 0 Å². The number of carbonyl (C=O) groups is 2. The number of anilines is 2. The van der Waals surface area contributed by atoms with E-state index in [0.29, 0.717) is 18.5 Å². The number of aliphatic hydroxyl groups excluding tert-OH is 1. The van der Waals surface area contributed by atoms with Crippen LogP contribution in [0.2, 0.25) is 0 Å². The summed E-state index contributed by atoms with van der Waals surface area (Å²) in [6, 6.07) is 10.5. The SMILES string of the molecule is O=C(C[C@H]1CC[C@@H](NC(=O)Nc2cc(F)ccc2F)[C@H](CO)O1)Nc1ccccc1. The van der Waals surface area contributed by atoms with Crippen LogP contribution in [-0.2, 0) is 9.53 Å². The van der Waals surface area contributed by atoms with Crippen molar-refractivity contribution in [2.24, 2.45) is 0 Å². The van der Waals surface area contributed by atoms with Crippen LogP contribution in [0.1, 0.15) is 19.3 Å². The third-order valence-corrected chi connectivity index (χ3v) is 4.76. The first-order valence-corrected chi connectivity index (χ1v) is 9.58. The van der Waals surface area contributed by atoms with E-state index in [-0.39, 0.29) is 24.6 Å².